The second-order valence-corrected chi connectivity index (χ2v) is 4.83. The molecule has 4 heteroatoms. The van der Waals surface area contributed by atoms with Crippen LogP contribution in [0.25, 0.3) is 0 Å². The Morgan fingerprint density at radius 3 is 3.10 bits per heavy atom. The van der Waals surface area contributed by atoms with Crippen molar-refractivity contribution >= 4 is 0 Å². The molecule has 1 aliphatic heterocycles. The molecule has 0 saturated carbocycles. The standard InChI is InChI=1S/C16H17FN2O/c1-2-18-15(16-13(17)4-3-8-19-16)12-5-6-14-11(10-12)7-9-20-14/h3-6,8,10,15,18H,2,7,9H2,1H3. The van der Waals surface area contributed by atoms with Crippen LogP contribution >= 0.6 is 0 Å². The van der Waals surface area contributed by atoms with Gasteiger partial charge in [0.25, 0.3) is 0 Å². The lowest BCUT2D eigenvalue weighted by molar-refractivity contribution is 0.357. The van der Waals surface area contributed by atoms with Crippen LogP contribution in [0.3, 0.4) is 0 Å². The SMILES string of the molecule is CCNC(c1ccc2c(c1)CCO2)c1ncccc1F. The number of aromatic nitrogens is 1. The lowest BCUT2D eigenvalue weighted by atomic mass is 9.99. The zero-order chi connectivity index (χ0) is 13.9. The average Bonchev–Trinajstić information content (AvgIpc) is 2.93. The maximum absolute atomic E-state index is 14.0. The van der Waals surface area contributed by atoms with E-state index in [1.165, 1.54) is 11.6 Å². The highest BCUT2D eigenvalue weighted by atomic mass is 19.1. The maximum atomic E-state index is 14.0. The van der Waals surface area contributed by atoms with Crippen LogP contribution in [0.2, 0.25) is 0 Å². The normalized spacial score (nSPS) is 14.7. The van der Waals surface area contributed by atoms with Gasteiger partial charge in [0.15, 0.2) is 0 Å². The lowest BCUT2D eigenvalue weighted by Gasteiger charge is -2.19. The van der Waals surface area contributed by atoms with Gasteiger partial charge in [-0.05, 0) is 35.9 Å². The average molecular weight is 272 g/mol. The van der Waals surface area contributed by atoms with Crippen molar-refractivity contribution in [2.45, 2.75) is 19.4 Å². The molecule has 3 nitrogen and oxygen atoms in total. The highest BCUT2D eigenvalue weighted by Crippen LogP contribution is 2.30. The van der Waals surface area contributed by atoms with Gasteiger partial charge in [0.05, 0.1) is 18.3 Å². The van der Waals surface area contributed by atoms with Crippen molar-refractivity contribution in [3.05, 3.63) is 59.2 Å². The first-order chi connectivity index (χ1) is 9.79. The quantitative estimate of drug-likeness (QED) is 0.929. The van der Waals surface area contributed by atoms with Crippen LogP contribution in [0.1, 0.15) is 29.8 Å². The van der Waals surface area contributed by atoms with Gasteiger partial charge < -0.3 is 10.1 Å². The van der Waals surface area contributed by atoms with Gasteiger partial charge in [0.1, 0.15) is 11.6 Å². The van der Waals surface area contributed by atoms with Crippen molar-refractivity contribution < 1.29 is 9.13 Å². The van der Waals surface area contributed by atoms with Crippen LogP contribution in [0.4, 0.5) is 4.39 Å². The van der Waals surface area contributed by atoms with E-state index >= 15 is 0 Å². The summed E-state index contributed by atoms with van der Waals surface area (Å²) >= 11 is 0. The van der Waals surface area contributed by atoms with E-state index in [0.29, 0.717) is 5.69 Å². The minimum atomic E-state index is -0.282. The third-order valence-electron chi connectivity index (χ3n) is 3.52. The molecule has 2 heterocycles. The van der Waals surface area contributed by atoms with Gasteiger partial charge in [0, 0.05) is 12.6 Å². The minimum Gasteiger partial charge on any atom is -0.493 e. The fourth-order valence-electron chi connectivity index (χ4n) is 2.57. The fourth-order valence-corrected chi connectivity index (χ4v) is 2.57. The number of benzene rings is 1. The Kier molecular flexibility index (Phi) is 3.65. The summed E-state index contributed by atoms with van der Waals surface area (Å²) < 4.78 is 19.5. The largest absolute Gasteiger partial charge is 0.493 e. The molecular formula is C16H17FN2O. The first-order valence-electron chi connectivity index (χ1n) is 6.89. The lowest BCUT2D eigenvalue weighted by Crippen LogP contribution is -2.24. The van der Waals surface area contributed by atoms with Gasteiger partial charge in [0.2, 0.25) is 0 Å². The van der Waals surface area contributed by atoms with E-state index in [4.69, 9.17) is 4.74 Å². The molecule has 1 aromatic carbocycles. The molecule has 3 rings (SSSR count). The second-order valence-electron chi connectivity index (χ2n) is 4.83. The molecular weight excluding hydrogens is 255 g/mol. The van der Waals surface area contributed by atoms with Gasteiger partial charge in [-0.3, -0.25) is 4.98 Å². The zero-order valence-corrected chi connectivity index (χ0v) is 11.4. The van der Waals surface area contributed by atoms with Gasteiger partial charge in [-0.15, -0.1) is 0 Å². The first-order valence-corrected chi connectivity index (χ1v) is 6.89. The van der Waals surface area contributed by atoms with E-state index in [9.17, 15) is 4.39 Å². The summed E-state index contributed by atoms with van der Waals surface area (Å²) in [5.41, 5.74) is 2.64. The van der Waals surface area contributed by atoms with Crippen molar-refractivity contribution in [2.24, 2.45) is 0 Å². The summed E-state index contributed by atoms with van der Waals surface area (Å²) in [5.74, 6) is 0.653. The third-order valence-corrected chi connectivity index (χ3v) is 3.52. The number of ether oxygens (including phenoxy) is 1. The van der Waals surface area contributed by atoms with E-state index in [-0.39, 0.29) is 11.9 Å². The molecule has 0 fully saturated rings. The molecule has 20 heavy (non-hydrogen) atoms. The van der Waals surface area contributed by atoms with Crippen LogP contribution in [0.15, 0.2) is 36.5 Å². The third kappa shape index (κ3) is 2.39. The van der Waals surface area contributed by atoms with Crippen LogP contribution in [0, 0.1) is 5.82 Å². The molecule has 1 aliphatic rings. The van der Waals surface area contributed by atoms with Crippen molar-refractivity contribution in [3.63, 3.8) is 0 Å². The Bertz CT molecular complexity index is 615. The van der Waals surface area contributed by atoms with E-state index in [1.54, 1.807) is 12.3 Å². The van der Waals surface area contributed by atoms with Gasteiger partial charge in [-0.2, -0.15) is 0 Å². The molecule has 1 unspecified atom stereocenters. The Labute approximate surface area is 117 Å². The van der Waals surface area contributed by atoms with Crippen molar-refractivity contribution in [1.82, 2.24) is 10.3 Å². The summed E-state index contributed by atoms with van der Waals surface area (Å²) in [4.78, 5) is 4.20. The molecule has 1 aromatic heterocycles. The van der Waals surface area contributed by atoms with Crippen LogP contribution in [0.5, 0.6) is 5.75 Å². The smallest absolute Gasteiger partial charge is 0.146 e. The predicted octanol–water partition coefficient (Wildman–Crippen LogP) is 2.85. The van der Waals surface area contributed by atoms with E-state index in [1.807, 2.05) is 19.1 Å². The Morgan fingerprint density at radius 2 is 2.30 bits per heavy atom. The number of pyridine rings is 1. The minimum absolute atomic E-state index is 0.230. The Hall–Kier alpha value is -1.94. The van der Waals surface area contributed by atoms with Crippen LogP contribution < -0.4 is 10.1 Å². The molecule has 0 saturated heterocycles. The Morgan fingerprint density at radius 1 is 1.40 bits per heavy atom. The molecule has 0 radical (unpaired) electrons. The molecule has 2 aromatic rings. The van der Waals surface area contributed by atoms with E-state index in [0.717, 1.165) is 30.9 Å². The van der Waals surface area contributed by atoms with Crippen LogP contribution in [-0.4, -0.2) is 18.1 Å². The number of halogens is 1. The predicted molar refractivity (Wildman–Crippen MR) is 75.4 cm³/mol. The molecule has 1 N–H and O–H groups in total. The number of hydrogen-bond donors (Lipinski definition) is 1. The number of nitrogens with one attached hydrogen (secondary N) is 1. The summed E-state index contributed by atoms with van der Waals surface area (Å²) in [6.45, 7) is 3.47. The zero-order valence-electron chi connectivity index (χ0n) is 11.4. The van der Waals surface area contributed by atoms with Crippen molar-refractivity contribution in [2.75, 3.05) is 13.2 Å². The van der Waals surface area contributed by atoms with Gasteiger partial charge >= 0.3 is 0 Å². The molecule has 0 bridgehead atoms. The molecule has 0 spiro atoms. The fraction of sp³-hybridized carbons (Fsp3) is 0.312. The summed E-state index contributed by atoms with van der Waals surface area (Å²) in [5, 5.41) is 3.30. The van der Waals surface area contributed by atoms with Crippen molar-refractivity contribution in [1.29, 1.82) is 0 Å². The van der Waals surface area contributed by atoms with Crippen molar-refractivity contribution in [3.8, 4) is 5.75 Å². The maximum Gasteiger partial charge on any atom is 0.146 e. The molecule has 1 atom stereocenters. The number of rotatable bonds is 4. The summed E-state index contributed by atoms with van der Waals surface area (Å²) in [6.07, 6.45) is 2.53. The highest BCUT2D eigenvalue weighted by molar-refractivity contribution is 5.42. The summed E-state index contributed by atoms with van der Waals surface area (Å²) in [6, 6.07) is 8.85. The molecule has 104 valence electrons. The first kappa shape index (κ1) is 13.1. The molecule has 0 aliphatic carbocycles. The summed E-state index contributed by atoms with van der Waals surface area (Å²) in [7, 11) is 0. The van der Waals surface area contributed by atoms with Gasteiger partial charge in [-0.1, -0.05) is 19.1 Å². The highest BCUT2D eigenvalue weighted by Gasteiger charge is 2.21. The number of fused-ring (bicyclic) bond motifs is 1. The van der Waals surface area contributed by atoms with E-state index in [2.05, 4.69) is 16.4 Å². The number of hydrogen-bond acceptors (Lipinski definition) is 3. The van der Waals surface area contributed by atoms with Gasteiger partial charge in [-0.25, -0.2) is 4.39 Å². The second kappa shape index (κ2) is 5.59. The molecule has 0 amide bonds. The Balaban J connectivity index is 2.01. The van der Waals surface area contributed by atoms with Crippen LogP contribution in [-0.2, 0) is 6.42 Å². The topological polar surface area (TPSA) is 34.1 Å². The monoisotopic (exact) mass is 272 g/mol. The van der Waals surface area contributed by atoms with E-state index < -0.39 is 0 Å². The number of nitrogens with zero attached hydrogens (tertiary/aromatic N) is 1.